The van der Waals surface area contributed by atoms with Crippen molar-refractivity contribution in [2.45, 2.75) is 13.0 Å². The highest BCUT2D eigenvalue weighted by molar-refractivity contribution is 5.88. The predicted molar refractivity (Wildman–Crippen MR) is 116 cm³/mol. The third-order valence-corrected chi connectivity index (χ3v) is 5.16. The maximum absolute atomic E-state index is 12.8. The zero-order valence-electron chi connectivity index (χ0n) is 17.7. The monoisotopic (exact) mass is 476 g/mol. The number of fused-ring (bicyclic) bond motifs is 2. The van der Waals surface area contributed by atoms with Gasteiger partial charge in [-0.1, -0.05) is 0 Å². The molecule has 14 heteroatoms. The van der Waals surface area contributed by atoms with Gasteiger partial charge in [-0.05, 0) is 24.3 Å². The molecular weight excluding hydrogens is 462 g/mol. The zero-order chi connectivity index (χ0) is 23.9. The van der Waals surface area contributed by atoms with Crippen molar-refractivity contribution in [1.29, 1.82) is 0 Å². The van der Waals surface area contributed by atoms with Gasteiger partial charge in [-0.2, -0.15) is 13.3 Å². The van der Waals surface area contributed by atoms with Gasteiger partial charge in [-0.25, -0.2) is 15.0 Å². The van der Waals surface area contributed by atoms with Gasteiger partial charge < -0.3 is 14.9 Å². The van der Waals surface area contributed by atoms with Crippen molar-refractivity contribution in [3.63, 3.8) is 0 Å². The fourth-order valence-electron chi connectivity index (χ4n) is 3.72. The number of nitrogens with zero attached hydrogens (tertiary/aromatic N) is 9. The summed E-state index contributed by atoms with van der Waals surface area (Å²) in [7, 11) is 0. The third-order valence-electron chi connectivity index (χ3n) is 5.16. The molecule has 6 heterocycles. The number of halogens is 2. The molecule has 2 N–H and O–H groups in total. The third kappa shape index (κ3) is 3.66. The van der Waals surface area contributed by atoms with Crippen molar-refractivity contribution < 1.29 is 17.9 Å². The Morgan fingerprint density at radius 2 is 2.03 bits per heavy atom. The number of oxazole rings is 1. The van der Waals surface area contributed by atoms with Gasteiger partial charge in [0.1, 0.15) is 24.0 Å². The molecule has 0 atom stereocenters. The molecular formula is C21H14F2N10O2. The maximum Gasteiger partial charge on any atom is 0.387 e. The van der Waals surface area contributed by atoms with Crippen LogP contribution >= 0.6 is 0 Å². The van der Waals surface area contributed by atoms with Crippen LogP contribution in [-0.4, -0.2) is 50.8 Å². The number of ether oxygens (including phenoxy) is 1. The molecule has 0 aliphatic rings. The summed E-state index contributed by atoms with van der Waals surface area (Å²) in [6.45, 7) is -2.99. The summed E-state index contributed by atoms with van der Waals surface area (Å²) in [6, 6.07) is 6.52. The van der Waals surface area contributed by atoms with E-state index in [2.05, 4.69) is 40.0 Å². The van der Waals surface area contributed by atoms with Gasteiger partial charge in [0.25, 0.3) is 0 Å². The van der Waals surface area contributed by atoms with Gasteiger partial charge in [-0.15, -0.1) is 15.3 Å². The number of hydrogen-bond donors (Lipinski definition) is 1. The van der Waals surface area contributed by atoms with Gasteiger partial charge in [-0.3, -0.25) is 9.38 Å². The Bertz CT molecular complexity index is 1660. The number of alkyl halides is 2. The highest BCUT2D eigenvalue weighted by Gasteiger charge is 2.23. The van der Waals surface area contributed by atoms with E-state index in [-0.39, 0.29) is 35.5 Å². The molecule has 0 aromatic carbocycles. The van der Waals surface area contributed by atoms with Crippen LogP contribution in [0.4, 0.5) is 14.7 Å². The highest BCUT2D eigenvalue weighted by atomic mass is 19.3. The molecule has 6 aromatic heterocycles. The molecule has 0 bridgehead atoms. The molecule has 35 heavy (non-hydrogen) atoms. The molecule has 0 unspecified atom stereocenters. The number of aromatic nitrogens is 9. The second kappa shape index (κ2) is 8.09. The second-order valence-electron chi connectivity index (χ2n) is 7.31. The van der Waals surface area contributed by atoms with Gasteiger partial charge in [0.05, 0.1) is 23.9 Å². The lowest BCUT2D eigenvalue weighted by molar-refractivity contribution is -0.0506. The molecule has 174 valence electrons. The molecule has 6 aromatic rings. The van der Waals surface area contributed by atoms with E-state index in [1.165, 1.54) is 35.3 Å². The normalized spacial score (nSPS) is 11.6. The van der Waals surface area contributed by atoms with Gasteiger partial charge in [0, 0.05) is 18.0 Å². The molecule has 0 aliphatic carbocycles. The van der Waals surface area contributed by atoms with Gasteiger partial charge in [0.2, 0.25) is 11.8 Å². The molecule has 0 fully saturated rings. The van der Waals surface area contributed by atoms with Crippen LogP contribution < -0.4 is 10.5 Å². The summed E-state index contributed by atoms with van der Waals surface area (Å²) >= 11 is 0. The number of rotatable bonds is 6. The Balaban J connectivity index is 1.54. The minimum Gasteiger partial charge on any atom is -0.443 e. The number of nitrogens with two attached hydrogens (primary N) is 1. The van der Waals surface area contributed by atoms with Crippen molar-refractivity contribution in [1.82, 2.24) is 44.1 Å². The van der Waals surface area contributed by atoms with Crippen LogP contribution in [0.3, 0.4) is 0 Å². The first kappa shape index (κ1) is 20.6. The Morgan fingerprint density at radius 1 is 1.11 bits per heavy atom. The van der Waals surface area contributed by atoms with E-state index < -0.39 is 6.61 Å². The average Bonchev–Trinajstić information content (AvgIpc) is 3.60. The fraction of sp³-hybridized carbons (Fsp3) is 0.0952. The predicted octanol–water partition coefficient (Wildman–Crippen LogP) is 2.66. The van der Waals surface area contributed by atoms with Crippen LogP contribution in [0.5, 0.6) is 5.75 Å². The summed E-state index contributed by atoms with van der Waals surface area (Å²) < 4.78 is 38.8. The van der Waals surface area contributed by atoms with Crippen molar-refractivity contribution in [2.75, 3.05) is 5.73 Å². The summed E-state index contributed by atoms with van der Waals surface area (Å²) in [6.07, 6.45) is 7.77. The number of anilines is 1. The van der Waals surface area contributed by atoms with Crippen molar-refractivity contribution in [3.05, 3.63) is 67.0 Å². The summed E-state index contributed by atoms with van der Waals surface area (Å²) in [5.74, 6) is 0.477. The second-order valence-corrected chi connectivity index (χ2v) is 7.31. The molecule has 0 aliphatic heterocycles. The van der Waals surface area contributed by atoms with E-state index in [9.17, 15) is 8.78 Å². The average molecular weight is 476 g/mol. The Labute approximate surface area is 194 Å². The molecule has 0 saturated carbocycles. The van der Waals surface area contributed by atoms with E-state index in [0.29, 0.717) is 28.1 Å². The SMILES string of the molecule is Nc1nc(-c2ncco2)c(-c2ccc3nncn3c2)c2nc(Cc3ncccc3OC(F)F)nn12. The van der Waals surface area contributed by atoms with E-state index in [1.807, 2.05) is 6.07 Å². The highest BCUT2D eigenvalue weighted by Crippen LogP contribution is 2.34. The first-order chi connectivity index (χ1) is 17.1. The smallest absolute Gasteiger partial charge is 0.387 e. The zero-order valence-corrected chi connectivity index (χ0v) is 17.7. The van der Waals surface area contributed by atoms with E-state index in [0.717, 1.165) is 0 Å². The number of pyridine rings is 2. The number of nitrogen functional groups attached to an aromatic ring is 1. The lowest BCUT2D eigenvalue weighted by Crippen LogP contribution is -2.07. The minimum atomic E-state index is -2.99. The van der Waals surface area contributed by atoms with Crippen molar-refractivity contribution in [2.24, 2.45) is 0 Å². The van der Waals surface area contributed by atoms with Gasteiger partial charge in [0.15, 0.2) is 17.1 Å². The van der Waals surface area contributed by atoms with Gasteiger partial charge >= 0.3 is 6.61 Å². The van der Waals surface area contributed by atoms with E-state index >= 15 is 0 Å². The first-order valence-corrected chi connectivity index (χ1v) is 10.2. The molecule has 12 nitrogen and oxygen atoms in total. The van der Waals surface area contributed by atoms with E-state index in [1.54, 1.807) is 23.0 Å². The molecule has 0 spiro atoms. The quantitative estimate of drug-likeness (QED) is 0.380. The maximum atomic E-state index is 12.8. The number of hydrogen-bond acceptors (Lipinski definition) is 10. The van der Waals surface area contributed by atoms with Crippen molar-refractivity contribution >= 4 is 17.2 Å². The summed E-state index contributed by atoms with van der Waals surface area (Å²) in [4.78, 5) is 17.5. The molecule has 0 amide bonds. The fourth-order valence-corrected chi connectivity index (χ4v) is 3.72. The Hall–Kier alpha value is -5.01. The Kier molecular flexibility index (Phi) is 4.76. The van der Waals surface area contributed by atoms with Crippen LogP contribution in [0.1, 0.15) is 11.5 Å². The first-order valence-electron chi connectivity index (χ1n) is 10.2. The molecule has 0 saturated heterocycles. The summed E-state index contributed by atoms with van der Waals surface area (Å²) in [5, 5.41) is 12.4. The minimum absolute atomic E-state index is 0.0161. The van der Waals surface area contributed by atoms with Crippen molar-refractivity contribution in [3.8, 4) is 28.5 Å². The molecule has 6 rings (SSSR count). The van der Waals surface area contributed by atoms with Crippen LogP contribution in [0.25, 0.3) is 34.0 Å². The Morgan fingerprint density at radius 3 is 2.86 bits per heavy atom. The van der Waals surface area contributed by atoms with Crippen LogP contribution in [-0.2, 0) is 6.42 Å². The standard InChI is InChI=1S/C21H14F2N10O2/c22-20(23)35-13-2-1-5-25-12(13)8-14-28-18-16(11-3-4-15-30-27-10-32(15)9-11)17(19-26-6-7-34-19)29-21(24)33(18)31-14/h1-7,9-10,20H,8H2,(H2,24,29). The topological polar surface area (TPSA) is 147 Å². The van der Waals surface area contributed by atoms with Crippen LogP contribution in [0, 0.1) is 0 Å². The molecule has 0 radical (unpaired) electrons. The lowest BCUT2D eigenvalue weighted by atomic mass is 10.1. The summed E-state index contributed by atoms with van der Waals surface area (Å²) in [5.41, 5.74) is 9.05. The lowest BCUT2D eigenvalue weighted by Gasteiger charge is -2.09. The van der Waals surface area contributed by atoms with Crippen LogP contribution in [0.15, 0.2) is 59.9 Å². The largest absolute Gasteiger partial charge is 0.443 e. The van der Waals surface area contributed by atoms with E-state index in [4.69, 9.17) is 10.2 Å². The van der Waals surface area contributed by atoms with Crippen LogP contribution in [0.2, 0.25) is 0 Å².